The minimum Gasteiger partial charge on any atom is -0.378 e. The van der Waals surface area contributed by atoms with Crippen LogP contribution in [0.5, 0.6) is 0 Å². The molecule has 0 aromatic heterocycles. The fraction of sp³-hybridized carbons (Fsp3) is 0.333. The Morgan fingerprint density at radius 3 is 2.73 bits per heavy atom. The van der Waals surface area contributed by atoms with Crippen molar-refractivity contribution in [2.75, 3.05) is 43.1 Å². The molecule has 2 aromatic carbocycles. The van der Waals surface area contributed by atoms with Gasteiger partial charge >= 0.3 is 0 Å². The summed E-state index contributed by atoms with van der Waals surface area (Å²) in [5, 5.41) is 2.91. The molecular weight excluding hydrogens is 404 g/mol. The van der Waals surface area contributed by atoms with Crippen molar-refractivity contribution < 1.29 is 17.9 Å². The molecule has 158 valence electrons. The summed E-state index contributed by atoms with van der Waals surface area (Å²) in [6.07, 6.45) is 0.151. The van der Waals surface area contributed by atoms with Crippen molar-refractivity contribution >= 4 is 33.1 Å². The molecule has 0 unspecified atom stereocenters. The number of benzene rings is 2. The first kappa shape index (κ1) is 20.4. The van der Waals surface area contributed by atoms with Crippen LogP contribution in [-0.2, 0) is 19.6 Å². The molecular formula is C21H24N4O4S. The van der Waals surface area contributed by atoms with E-state index in [0.29, 0.717) is 5.56 Å². The molecule has 2 aliphatic heterocycles. The number of hydrogen-bond donors (Lipinski definition) is 2. The summed E-state index contributed by atoms with van der Waals surface area (Å²) in [4.78, 5) is 19.1. The standard InChI is InChI=1S/C21H24N4O4S/c1-15-14-16(25-10-12-29-13-11-25)6-7-18(15)23-20(26)8-9-22-21-17-4-2-3-5-19(17)30(27,28)24-21/h2-7,14H,8-13H2,1H3,(H,22,24)(H,23,26). The van der Waals surface area contributed by atoms with Gasteiger partial charge in [-0.05, 0) is 42.8 Å². The zero-order valence-electron chi connectivity index (χ0n) is 16.7. The third-order valence-corrected chi connectivity index (χ3v) is 6.53. The summed E-state index contributed by atoms with van der Waals surface area (Å²) in [6.45, 7) is 5.31. The van der Waals surface area contributed by atoms with E-state index >= 15 is 0 Å². The molecule has 2 heterocycles. The third kappa shape index (κ3) is 4.31. The Morgan fingerprint density at radius 1 is 1.20 bits per heavy atom. The maximum Gasteiger partial charge on any atom is 0.263 e. The number of amidine groups is 1. The number of amides is 1. The first-order valence-electron chi connectivity index (χ1n) is 9.84. The Balaban J connectivity index is 1.36. The fourth-order valence-corrected chi connectivity index (χ4v) is 4.79. The molecule has 0 spiro atoms. The van der Waals surface area contributed by atoms with E-state index in [1.54, 1.807) is 18.2 Å². The fourth-order valence-electron chi connectivity index (χ4n) is 3.54. The summed E-state index contributed by atoms with van der Waals surface area (Å²) < 4.78 is 32.0. The highest BCUT2D eigenvalue weighted by molar-refractivity contribution is 7.90. The van der Waals surface area contributed by atoms with Crippen LogP contribution in [0.25, 0.3) is 0 Å². The zero-order valence-corrected chi connectivity index (χ0v) is 17.5. The molecule has 0 bridgehead atoms. The Bertz CT molecular complexity index is 1090. The average Bonchev–Trinajstić information content (AvgIpc) is 3.01. The summed E-state index contributed by atoms with van der Waals surface area (Å²) in [5.41, 5.74) is 3.40. The monoisotopic (exact) mass is 428 g/mol. The predicted octanol–water partition coefficient (Wildman–Crippen LogP) is 1.90. The van der Waals surface area contributed by atoms with Gasteiger partial charge in [-0.1, -0.05) is 12.1 Å². The summed E-state index contributed by atoms with van der Waals surface area (Å²) >= 11 is 0. The Labute approximate surface area is 176 Å². The van der Waals surface area contributed by atoms with Crippen molar-refractivity contribution in [1.82, 2.24) is 4.72 Å². The van der Waals surface area contributed by atoms with Gasteiger partial charge in [0.2, 0.25) is 5.91 Å². The molecule has 0 aliphatic carbocycles. The second-order valence-electron chi connectivity index (χ2n) is 7.23. The van der Waals surface area contributed by atoms with Crippen LogP contribution >= 0.6 is 0 Å². The van der Waals surface area contributed by atoms with Gasteiger partial charge in [-0.3, -0.25) is 14.5 Å². The summed E-state index contributed by atoms with van der Waals surface area (Å²) in [5.74, 6) is 0.111. The van der Waals surface area contributed by atoms with Crippen LogP contribution in [0.1, 0.15) is 17.5 Å². The van der Waals surface area contributed by atoms with Gasteiger partial charge in [-0.2, -0.15) is 0 Å². The Morgan fingerprint density at radius 2 is 1.97 bits per heavy atom. The highest BCUT2D eigenvalue weighted by Gasteiger charge is 2.29. The van der Waals surface area contributed by atoms with Gasteiger partial charge in [-0.25, -0.2) is 8.42 Å². The van der Waals surface area contributed by atoms with Crippen LogP contribution in [-0.4, -0.2) is 53.0 Å². The lowest BCUT2D eigenvalue weighted by Gasteiger charge is -2.29. The van der Waals surface area contributed by atoms with E-state index in [4.69, 9.17) is 4.74 Å². The molecule has 2 N–H and O–H groups in total. The average molecular weight is 429 g/mol. The highest BCUT2D eigenvalue weighted by Crippen LogP contribution is 2.24. The van der Waals surface area contributed by atoms with E-state index in [1.165, 1.54) is 6.07 Å². The lowest BCUT2D eigenvalue weighted by Crippen LogP contribution is -2.36. The maximum absolute atomic E-state index is 12.4. The molecule has 0 radical (unpaired) electrons. The summed E-state index contributed by atoms with van der Waals surface area (Å²) in [6, 6.07) is 12.6. The van der Waals surface area contributed by atoms with Crippen molar-refractivity contribution in [2.45, 2.75) is 18.2 Å². The smallest absolute Gasteiger partial charge is 0.263 e. The van der Waals surface area contributed by atoms with Crippen molar-refractivity contribution in [3.05, 3.63) is 53.6 Å². The largest absolute Gasteiger partial charge is 0.378 e. The number of ether oxygens (including phenoxy) is 1. The number of rotatable bonds is 5. The molecule has 0 saturated carbocycles. The third-order valence-electron chi connectivity index (χ3n) is 5.13. The predicted molar refractivity (Wildman–Crippen MR) is 116 cm³/mol. The number of morpholine rings is 1. The number of nitrogens with one attached hydrogen (secondary N) is 2. The highest BCUT2D eigenvalue weighted by atomic mass is 32.2. The first-order chi connectivity index (χ1) is 14.4. The second kappa shape index (κ2) is 8.45. The van der Waals surface area contributed by atoms with Crippen LogP contribution in [0.4, 0.5) is 11.4 Å². The Hall–Kier alpha value is -2.91. The van der Waals surface area contributed by atoms with E-state index in [0.717, 1.165) is 43.2 Å². The van der Waals surface area contributed by atoms with Gasteiger partial charge in [0.05, 0.1) is 24.7 Å². The van der Waals surface area contributed by atoms with Crippen LogP contribution in [0.2, 0.25) is 0 Å². The lowest BCUT2D eigenvalue weighted by molar-refractivity contribution is -0.116. The van der Waals surface area contributed by atoms with Crippen LogP contribution < -0.4 is 14.9 Å². The van der Waals surface area contributed by atoms with Crippen LogP contribution in [0.15, 0.2) is 52.4 Å². The minimum absolute atomic E-state index is 0.151. The normalized spacial score (nSPS) is 18.7. The van der Waals surface area contributed by atoms with E-state index in [2.05, 4.69) is 26.0 Å². The Kier molecular flexibility index (Phi) is 5.74. The van der Waals surface area contributed by atoms with Crippen molar-refractivity contribution in [3.8, 4) is 0 Å². The topological polar surface area (TPSA) is 100 Å². The second-order valence-corrected chi connectivity index (χ2v) is 8.88. The maximum atomic E-state index is 12.4. The molecule has 2 aliphatic rings. The van der Waals surface area contributed by atoms with E-state index in [9.17, 15) is 13.2 Å². The molecule has 4 rings (SSSR count). The number of sulfonamides is 1. The molecule has 0 atom stereocenters. The number of aryl methyl sites for hydroxylation is 1. The van der Waals surface area contributed by atoms with Crippen molar-refractivity contribution in [2.24, 2.45) is 4.99 Å². The quantitative estimate of drug-likeness (QED) is 0.758. The van der Waals surface area contributed by atoms with Gasteiger partial charge in [0.1, 0.15) is 5.84 Å². The van der Waals surface area contributed by atoms with E-state index < -0.39 is 10.0 Å². The molecule has 1 amide bonds. The molecule has 8 nitrogen and oxygen atoms in total. The number of hydrogen-bond acceptors (Lipinski definition) is 6. The van der Waals surface area contributed by atoms with Gasteiger partial charge < -0.3 is 15.0 Å². The SMILES string of the molecule is Cc1cc(N2CCOCC2)ccc1NC(=O)CCN=C1NS(=O)(=O)c2ccccc21. The number of carbonyl (C=O) groups excluding carboxylic acids is 1. The zero-order chi connectivity index (χ0) is 21.1. The van der Waals surface area contributed by atoms with Gasteiger partial charge in [-0.15, -0.1) is 0 Å². The number of aliphatic imine (C=N–C) groups is 1. The lowest BCUT2D eigenvalue weighted by atomic mass is 10.1. The van der Waals surface area contributed by atoms with Crippen molar-refractivity contribution in [3.63, 3.8) is 0 Å². The molecule has 1 saturated heterocycles. The van der Waals surface area contributed by atoms with Gasteiger partial charge in [0, 0.05) is 36.4 Å². The minimum atomic E-state index is -3.57. The van der Waals surface area contributed by atoms with Gasteiger partial charge in [0.15, 0.2) is 0 Å². The summed E-state index contributed by atoms with van der Waals surface area (Å²) in [7, 11) is -3.57. The van der Waals surface area contributed by atoms with Crippen LogP contribution in [0, 0.1) is 6.92 Å². The number of nitrogens with zero attached hydrogens (tertiary/aromatic N) is 2. The number of fused-ring (bicyclic) bond motifs is 1. The molecule has 2 aromatic rings. The molecule has 30 heavy (non-hydrogen) atoms. The van der Waals surface area contributed by atoms with Crippen molar-refractivity contribution in [1.29, 1.82) is 0 Å². The molecule has 1 fully saturated rings. The first-order valence-corrected chi connectivity index (χ1v) is 11.3. The van der Waals surface area contributed by atoms with Gasteiger partial charge in [0.25, 0.3) is 10.0 Å². The number of anilines is 2. The number of carbonyl (C=O) groups is 1. The van der Waals surface area contributed by atoms with E-state index in [1.807, 2.05) is 19.1 Å². The van der Waals surface area contributed by atoms with E-state index in [-0.39, 0.29) is 29.6 Å². The van der Waals surface area contributed by atoms with Crippen LogP contribution in [0.3, 0.4) is 0 Å². The molecule has 9 heteroatoms.